The average molecular weight is 317 g/mol. The molecule has 1 aliphatic rings. The molecule has 0 aliphatic carbocycles. The zero-order chi connectivity index (χ0) is 17.0. The molecular formula is C18H25N2O3+. The molecule has 2 rings (SSSR count). The van der Waals surface area contributed by atoms with Crippen LogP contribution in [0.15, 0.2) is 18.2 Å². The molecule has 1 unspecified atom stereocenters. The lowest BCUT2D eigenvalue weighted by Gasteiger charge is -2.22. The van der Waals surface area contributed by atoms with Crippen LogP contribution in [0.5, 0.6) is 0 Å². The van der Waals surface area contributed by atoms with E-state index < -0.39 is 0 Å². The number of nitro benzene ring substituents is 1. The van der Waals surface area contributed by atoms with Crippen LogP contribution >= 0.6 is 0 Å². The minimum Gasteiger partial charge on any atom is -0.303 e. The van der Waals surface area contributed by atoms with Crippen molar-refractivity contribution in [2.24, 2.45) is 0 Å². The second kappa shape index (κ2) is 7.02. The summed E-state index contributed by atoms with van der Waals surface area (Å²) in [6, 6.07) is 5.20. The Hall–Kier alpha value is -2.04. The van der Waals surface area contributed by atoms with E-state index in [0.29, 0.717) is 6.42 Å². The van der Waals surface area contributed by atoms with E-state index in [0.717, 1.165) is 49.8 Å². The number of hydrogen-bond acceptors (Lipinski definition) is 3. The van der Waals surface area contributed by atoms with Crippen molar-refractivity contribution in [3.8, 4) is 0 Å². The van der Waals surface area contributed by atoms with Gasteiger partial charge < -0.3 is 4.79 Å². The molecule has 0 bridgehead atoms. The van der Waals surface area contributed by atoms with E-state index in [1.165, 1.54) is 5.71 Å². The van der Waals surface area contributed by atoms with E-state index in [9.17, 15) is 14.9 Å². The van der Waals surface area contributed by atoms with Crippen molar-refractivity contribution in [1.82, 2.24) is 0 Å². The lowest BCUT2D eigenvalue weighted by Crippen LogP contribution is -2.30. The minimum atomic E-state index is -0.325. The van der Waals surface area contributed by atoms with Crippen LogP contribution in [0.4, 0.5) is 11.4 Å². The van der Waals surface area contributed by atoms with E-state index in [4.69, 9.17) is 0 Å². The smallest absolute Gasteiger partial charge is 0.270 e. The molecule has 1 aliphatic heterocycles. The first-order valence-electron chi connectivity index (χ1n) is 8.29. The Kier molecular flexibility index (Phi) is 5.29. The molecule has 0 amide bonds. The van der Waals surface area contributed by atoms with Gasteiger partial charge in [-0.25, -0.2) is 0 Å². The summed E-state index contributed by atoms with van der Waals surface area (Å²) in [7, 11) is 0. The van der Waals surface area contributed by atoms with Gasteiger partial charge >= 0.3 is 0 Å². The highest BCUT2D eigenvalue weighted by Gasteiger charge is 2.46. The molecule has 124 valence electrons. The maximum Gasteiger partial charge on any atom is 0.270 e. The van der Waals surface area contributed by atoms with Crippen LogP contribution in [0.1, 0.15) is 58.4 Å². The molecular weight excluding hydrogens is 292 g/mol. The van der Waals surface area contributed by atoms with Crippen LogP contribution in [-0.2, 0) is 10.2 Å². The number of carbonyl (C=O) groups is 1. The monoisotopic (exact) mass is 317 g/mol. The molecule has 0 radical (unpaired) electrons. The summed E-state index contributed by atoms with van der Waals surface area (Å²) in [6.45, 7) is 7.27. The molecule has 0 aromatic heterocycles. The molecule has 1 aromatic rings. The number of fused-ring (bicyclic) bond motifs is 1. The van der Waals surface area contributed by atoms with Gasteiger partial charge in [0.25, 0.3) is 5.69 Å². The molecule has 0 saturated carbocycles. The number of carbonyl (C=O) groups excluding carboxylic acids is 1. The van der Waals surface area contributed by atoms with Gasteiger partial charge in [-0.05, 0) is 26.7 Å². The SMILES string of the molecule is CC[N+]1=C(C)C(C)(CCCCCC=O)c2cc([N+](=O)[O-])ccc21. The third-order valence-corrected chi connectivity index (χ3v) is 5.09. The first-order valence-corrected chi connectivity index (χ1v) is 8.29. The molecule has 5 heteroatoms. The second-order valence-corrected chi connectivity index (χ2v) is 6.39. The highest BCUT2D eigenvalue weighted by molar-refractivity contribution is 5.94. The molecule has 0 saturated heterocycles. The third-order valence-electron chi connectivity index (χ3n) is 5.09. The Bertz CT molecular complexity index is 652. The Morgan fingerprint density at radius 1 is 1.30 bits per heavy atom. The number of unbranched alkanes of at least 4 members (excludes halogenated alkanes) is 3. The quantitative estimate of drug-likeness (QED) is 0.238. The van der Waals surface area contributed by atoms with E-state index in [1.54, 1.807) is 12.1 Å². The van der Waals surface area contributed by atoms with Gasteiger partial charge in [-0.3, -0.25) is 10.1 Å². The van der Waals surface area contributed by atoms with Crippen molar-refractivity contribution in [2.75, 3.05) is 6.54 Å². The Morgan fingerprint density at radius 2 is 2.04 bits per heavy atom. The normalized spacial score (nSPS) is 19.8. The first kappa shape index (κ1) is 17.3. The van der Waals surface area contributed by atoms with Gasteiger partial charge in [-0.1, -0.05) is 12.8 Å². The van der Waals surface area contributed by atoms with Crippen LogP contribution in [-0.4, -0.2) is 28.0 Å². The summed E-state index contributed by atoms with van der Waals surface area (Å²) < 4.78 is 2.25. The molecule has 1 heterocycles. The number of non-ortho nitro benzene ring substituents is 1. The first-order chi connectivity index (χ1) is 11.0. The zero-order valence-electron chi connectivity index (χ0n) is 14.2. The maximum absolute atomic E-state index is 11.1. The van der Waals surface area contributed by atoms with Gasteiger partial charge in [-0.2, -0.15) is 4.58 Å². The predicted octanol–water partition coefficient (Wildman–Crippen LogP) is 4.14. The summed E-state index contributed by atoms with van der Waals surface area (Å²) in [5, 5.41) is 11.1. The minimum absolute atomic E-state index is 0.154. The molecule has 0 fully saturated rings. The van der Waals surface area contributed by atoms with Crippen LogP contribution in [0.2, 0.25) is 0 Å². The lowest BCUT2D eigenvalue weighted by molar-refractivity contribution is -0.434. The second-order valence-electron chi connectivity index (χ2n) is 6.39. The van der Waals surface area contributed by atoms with Gasteiger partial charge in [0.15, 0.2) is 5.71 Å². The van der Waals surface area contributed by atoms with Gasteiger partial charge in [0, 0.05) is 37.1 Å². The molecule has 1 aromatic carbocycles. The summed E-state index contributed by atoms with van der Waals surface area (Å²) >= 11 is 0. The molecule has 0 spiro atoms. The average Bonchev–Trinajstić information content (AvgIpc) is 2.75. The van der Waals surface area contributed by atoms with E-state index in [1.807, 2.05) is 6.07 Å². The van der Waals surface area contributed by atoms with Gasteiger partial charge in [0.05, 0.1) is 10.3 Å². The van der Waals surface area contributed by atoms with E-state index in [-0.39, 0.29) is 16.0 Å². The number of nitro groups is 1. The largest absolute Gasteiger partial charge is 0.303 e. The highest BCUT2D eigenvalue weighted by Crippen LogP contribution is 2.44. The standard InChI is InChI=1S/C18H25N2O3/c1-4-19-14(2)18(3,11-7-5-6-8-12-21)16-13-15(20(22)23)9-10-17(16)19/h9-10,12-13H,4-8,11H2,1-3H3/q+1. The Labute approximate surface area is 137 Å². The van der Waals surface area contributed by atoms with Crippen LogP contribution in [0.25, 0.3) is 0 Å². The van der Waals surface area contributed by atoms with Crippen molar-refractivity contribution in [1.29, 1.82) is 0 Å². The summed E-state index contributed by atoms with van der Waals surface area (Å²) in [6.07, 6.45) is 5.47. The number of aldehydes is 1. The van der Waals surface area contributed by atoms with Crippen LogP contribution in [0.3, 0.4) is 0 Å². The fraction of sp³-hybridized carbons (Fsp3) is 0.556. The van der Waals surface area contributed by atoms with Crippen LogP contribution < -0.4 is 0 Å². The fourth-order valence-electron chi connectivity index (χ4n) is 3.59. The number of benzene rings is 1. The Morgan fingerprint density at radius 3 is 2.65 bits per heavy atom. The number of nitrogens with zero attached hydrogens (tertiary/aromatic N) is 2. The lowest BCUT2D eigenvalue weighted by atomic mass is 9.75. The van der Waals surface area contributed by atoms with Crippen molar-refractivity contribution >= 4 is 23.4 Å². The van der Waals surface area contributed by atoms with E-state index in [2.05, 4.69) is 25.3 Å². The van der Waals surface area contributed by atoms with Crippen LogP contribution in [0, 0.1) is 10.1 Å². The third kappa shape index (κ3) is 3.19. The predicted molar refractivity (Wildman–Crippen MR) is 90.7 cm³/mol. The van der Waals surface area contributed by atoms with Crippen molar-refractivity contribution in [2.45, 2.75) is 58.3 Å². The topological polar surface area (TPSA) is 63.2 Å². The maximum atomic E-state index is 11.1. The van der Waals surface area contributed by atoms with Crippen molar-refractivity contribution in [3.63, 3.8) is 0 Å². The van der Waals surface area contributed by atoms with Crippen molar-refractivity contribution in [3.05, 3.63) is 33.9 Å². The molecule has 5 nitrogen and oxygen atoms in total. The number of rotatable bonds is 8. The molecule has 23 heavy (non-hydrogen) atoms. The van der Waals surface area contributed by atoms with Gasteiger partial charge in [0.1, 0.15) is 12.8 Å². The summed E-state index contributed by atoms with van der Waals surface area (Å²) in [4.78, 5) is 21.2. The zero-order valence-corrected chi connectivity index (χ0v) is 14.2. The molecule has 1 atom stereocenters. The molecule has 0 N–H and O–H groups in total. The Balaban J connectivity index is 2.31. The summed E-state index contributed by atoms with van der Waals surface area (Å²) in [5.41, 5.74) is 3.39. The van der Waals surface area contributed by atoms with E-state index >= 15 is 0 Å². The number of hydrogen-bond donors (Lipinski definition) is 0. The van der Waals surface area contributed by atoms with Gasteiger partial charge in [-0.15, -0.1) is 0 Å². The van der Waals surface area contributed by atoms with Crippen molar-refractivity contribution < 1.29 is 14.3 Å². The fourth-order valence-corrected chi connectivity index (χ4v) is 3.59. The summed E-state index contributed by atoms with van der Waals surface area (Å²) in [5.74, 6) is 0. The highest BCUT2D eigenvalue weighted by atomic mass is 16.6. The van der Waals surface area contributed by atoms with Gasteiger partial charge in [0.2, 0.25) is 5.69 Å².